The fraction of sp³-hybridized carbons (Fsp3) is 0.750. The van der Waals surface area contributed by atoms with Gasteiger partial charge >= 0.3 is 13.5 Å². The lowest BCUT2D eigenvalue weighted by Gasteiger charge is -2.21. The predicted octanol–water partition coefficient (Wildman–Crippen LogP) is 4.87. The molecule has 230 valence electrons. The van der Waals surface area contributed by atoms with E-state index >= 15 is 0 Å². The maximum atomic E-state index is 13.4. The maximum absolute atomic E-state index is 13.4. The number of H-pyrrole nitrogens is 1. The number of nitrogens with zero attached hydrogens (tertiary/aromatic N) is 4. The Morgan fingerprint density at radius 2 is 1.71 bits per heavy atom. The molecule has 1 aromatic heterocycles. The lowest BCUT2D eigenvalue weighted by molar-refractivity contribution is -0.111. The van der Waals surface area contributed by atoms with Crippen molar-refractivity contribution in [1.29, 1.82) is 0 Å². The van der Waals surface area contributed by atoms with Crippen LogP contribution >= 0.6 is 31.3 Å². The first-order chi connectivity index (χ1) is 19.6. The number of hydrogen-bond acceptors (Lipinski definition) is 12. The number of nitrogens with one attached hydrogen (secondary N) is 1. The Bertz CT molecular complexity index is 1190. The van der Waals surface area contributed by atoms with E-state index in [1.807, 2.05) is 13.8 Å². The molecule has 2 rings (SSSR count). The standard InChI is InChI=1S/C24H38N5O9PS2/c1-4-6-8-21(30)40-12-10-35-39(34,36-11-13-41-22(31)9-7-5-2)37-16-19-18(27-28-25)14-20(38-19)29-15-17(3)23(32)26-24(29)33/h15,18-20H,4-14,16H2,1-3H3,(H,26,32,33)/t18-,19+,20+/m0/s1. The molecule has 1 N–H and O–H groups in total. The second-order valence-corrected chi connectivity index (χ2v) is 13.1. The van der Waals surface area contributed by atoms with Crippen molar-refractivity contribution in [1.82, 2.24) is 9.55 Å². The predicted molar refractivity (Wildman–Crippen MR) is 157 cm³/mol. The monoisotopic (exact) mass is 635 g/mol. The second-order valence-electron chi connectivity index (χ2n) is 9.17. The highest BCUT2D eigenvalue weighted by molar-refractivity contribution is 8.13. The van der Waals surface area contributed by atoms with E-state index in [0.29, 0.717) is 12.8 Å². The van der Waals surface area contributed by atoms with E-state index in [1.54, 1.807) is 0 Å². The fourth-order valence-electron chi connectivity index (χ4n) is 3.70. The third-order valence-corrected chi connectivity index (χ3v) is 9.17. The van der Waals surface area contributed by atoms with Gasteiger partial charge in [0.25, 0.3) is 5.56 Å². The van der Waals surface area contributed by atoms with Crippen molar-refractivity contribution in [3.63, 3.8) is 0 Å². The number of thioether (sulfide) groups is 2. The number of aryl methyl sites for hydroxylation is 1. The maximum Gasteiger partial charge on any atom is 0.474 e. The number of phosphoric ester groups is 1. The van der Waals surface area contributed by atoms with Gasteiger partial charge in [0.2, 0.25) is 0 Å². The molecule has 0 unspecified atom stereocenters. The molecule has 0 aromatic carbocycles. The van der Waals surface area contributed by atoms with Crippen LogP contribution in [-0.2, 0) is 32.5 Å². The summed E-state index contributed by atoms with van der Waals surface area (Å²) in [4.78, 5) is 53.0. The number of phosphoric acid groups is 1. The Morgan fingerprint density at radius 3 is 2.24 bits per heavy atom. The topological polar surface area (TPSA) is 192 Å². The summed E-state index contributed by atoms with van der Waals surface area (Å²) in [6.45, 7) is 4.96. The summed E-state index contributed by atoms with van der Waals surface area (Å²) in [5, 5.41) is 3.73. The van der Waals surface area contributed by atoms with Crippen LogP contribution in [0.15, 0.2) is 20.9 Å². The third kappa shape index (κ3) is 12.5. The number of carbonyl (C=O) groups is 2. The second kappa shape index (κ2) is 18.6. The summed E-state index contributed by atoms with van der Waals surface area (Å²) < 4.78 is 37.0. The lowest BCUT2D eigenvalue weighted by atomic mass is 10.1. The van der Waals surface area contributed by atoms with Crippen LogP contribution in [0.2, 0.25) is 0 Å². The molecule has 0 bridgehead atoms. The number of unbranched alkanes of at least 4 members (excludes halogenated alkanes) is 2. The Morgan fingerprint density at radius 1 is 1.12 bits per heavy atom. The van der Waals surface area contributed by atoms with Crippen LogP contribution in [0, 0.1) is 6.92 Å². The van der Waals surface area contributed by atoms with Gasteiger partial charge in [0.15, 0.2) is 10.2 Å². The molecule has 41 heavy (non-hydrogen) atoms. The van der Waals surface area contributed by atoms with Gasteiger partial charge < -0.3 is 4.74 Å². The van der Waals surface area contributed by atoms with Gasteiger partial charge in [-0.3, -0.25) is 37.5 Å². The molecule has 0 aliphatic carbocycles. The molecule has 0 spiro atoms. The normalized spacial score (nSPS) is 18.8. The molecule has 1 fully saturated rings. The minimum Gasteiger partial charge on any atom is -0.352 e. The average Bonchev–Trinajstić information content (AvgIpc) is 3.34. The zero-order valence-electron chi connectivity index (χ0n) is 23.5. The molecule has 0 amide bonds. The van der Waals surface area contributed by atoms with Gasteiger partial charge in [-0.15, -0.1) is 0 Å². The SMILES string of the molecule is CCCCC(=O)SCCOP(=O)(OCCSC(=O)CCCC)OC[C@H]1O[C@@H](n2cc(C)c(=O)[nH]c2=O)C[C@@H]1N=[N+]=[N-]. The summed E-state index contributed by atoms with van der Waals surface area (Å²) in [6, 6.07) is -0.781. The van der Waals surface area contributed by atoms with Crippen LogP contribution in [0.25, 0.3) is 10.4 Å². The first-order valence-electron chi connectivity index (χ1n) is 13.5. The third-order valence-electron chi connectivity index (χ3n) is 5.92. The number of ether oxygens (including phenoxy) is 1. The molecule has 1 aromatic rings. The largest absolute Gasteiger partial charge is 0.474 e. The van der Waals surface area contributed by atoms with Crippen LogP contribution < -0.4 is 11.2 Å². The van der Waals surface area contributed by atoms with Crippen molar-refractivity contribution in [3.8, 4) is 0 Å². The van der Waals surface area contributed by atoms with E-state index in [1.165, 1.54) is 17.7 Å². The van der Waals surface area contributed by atoms with Gasteiger partial charge in [-0.25, -0.2) is 9.36 Å². The minimum absolute atomic E-state index is 0.00412. The Hall–Kier alpha value is -1.90. The van der Waals surface area contributed by atoms with E-state index in [9.17, 15) is 23.7 Å². The molecule has 1 saturated heterocycles. The van der Waals surface area contributed by atoms with Gasteiger partial charge in [-0.1, -0.05) is 55.3 Å². The van der Waals surface area contributed by atoms with E-state index in [0.717, 1.165) is 49.2 Å². The lowest BCUT2D eigenvalue weighted by Crippen LogP contribution is -2.33. The van der Waals surface area contributed by atoms with Gasteiger partial charge in [0.1, 0.15) is 6.23 Å². The van der Waals surface area contributed by atoms with E-state index in [-0.39, 0.29) is 53.5 Å². The minimum atomic E-state index is -4.18. The number of hydrogen-bond donors (Lipinski definition) is 1. The number of carbonyl (C=O) groups excluding carboxylic acids is 2. The first-order valence-corrected chi connectivity index (χ1v) is 16.9. The van der Waals surface area contributed by atoms with E-state index in [2.05, 4.69) is 15.0 Å². The molecule has 0 saturated carbocycles. The Balaban J connectivity index is 2.04. The number of aromatic nitrogens is 2. The van der Waals surface area contributed by atoms with Crippen LogP contribution in [0.1, 0.15) is 70.6 Å². The van der Waals surface area contributed by atoms with E-state index < -0.39 is 37.4 Å². The summed E-state index contributed by atoms with van der Waals surface area (Å²) in [5.74, 6) is 0.475. The number of rotatable bonds is 19. The summed E-state index contributed by atoms with van der Waals surface area (Å²) >= 11 is 2.13. The van der Waals surface area contributed by atoms with E-state index in [4.69, 9.17) is 23.8 Å². The van der Waals surface area contributed by atoms with Gasteiger partial charge in [-0.2, -0.15) is 0 Å². The van der Waals surface area contributed by atoms with Gasteiger partial charge in [0.05, 0.1) is 32.0 Å². The molecular weight excluding hydrogens is 597 g/mol. The van der Waals surface area contributed by atoms with Crippen LogP contribution in [0.3, 0.4) is 0 Å². The zero-order valence-corrected chi connectivity index (χ0v) is 26.0. The van der Waals surface area contributed by atoms with Crippen molar-refractivity contribution >= 4 is 41.6 Å². The molecule has 0 radical (unpaired) electrons. The fourth-order valence-corrected chi connectivity index (χ4v) is 6.49. The van der Waals surface area contributed by atoms with Crippen LogP contribution in [0.5, 0.6) is 0 Å². The molecule has 2 heterocycles. The average molecular weight is 636 g/mol. The number of azide groups is 1. The molecule has 1 aliphatic rings. The van der Waals surface area contributed by atoms with Crippen LogP contribution in [0.4, 0.5) is 0 Å². The highest BCUT2D eigenvalue weighted by Crippen LogP contribution is 2.50. The van der Waals surface area contributed by atoms with Crippen molar-refractivity contribution in [2.45, 2.75) is 84.1 Å². The highest BCUT2D eigenvalue weighted by atomic mass is 32.2. The molecule has 17 heteroatoms. The van der Waals surface area contributed by atoms with Crippen LogP contribution in [-0.4, -0.2) is 63.3 Å². The smallest absolute Gasteiger partial charge is 0.352 e. The van der Waals surface area contributed by atoms with Crippen molar-refractivity contribution in [2.24, 2.45) is 5.11 Å². The Labute approximate surface area is 246 Å². The Kier molecular flexibility index (Phi) is 16.0. The molecular formula is C24H38N5O9PS2. The van der Waals surface area contributed by atoms with Gasteiger partial charge in [0, 0.05) is 47.4 Å². The van der Waals surface area contributed by atoms with Crippen molar-refractivity contribution in [2.75, 3.05) is 31.3 Å². The zero-order chi connectivity index (χ0) is 30.3. The highest BCUT2D eigenvalue weighted by Gasteiger charge is 2.39. The molecule has 14 nitrogen and oxygen atoms in total. The number of aromatic amines is 1. The van der Waals surface area contributed by atoms with Crippen molar-refractivity contribution in [3.05, 3.63) is 43.0 Å². The van der Waals surface area contributed by atoms with Gasteiger partial charge in [-0.05, 0) is 25.3 Å². The molecule has 1 aliphatic heterocycles. The summed E-state index contributed by atoms with van der Waals surface area (Å²) in [6.07, 6.45) is 3.90. The summed E-state index contributed by atoms with van der Waals surface area (Å²) in [5.41, 5.74) is 8.10. The quantitative estimate of drug-likeness (QED) is 0.0717. The summed E-state index contributed by atoms with van der Waals surface area (Å²) in [7, 11) is -4.18. The van der Waals surface area contributed by atoms with Crippen molar-refractivity contribution < 1.29 is 32.5 Å². The first kappa shape index (κ1) is 35.3. The molecule has 3 atom stereocenters.